The van der Waals surface area contributed by atoms with Crippen LogP contribution in [0.4, 0.5) is 10.1 Å². The molecule has 0 saturated carbocycles. The van der Waals surface area contributed by atoms with Gasteiger partial charge in [0.2, 0.25) is 0 Å². The molecule has 3 aromatic carbocycles. The molecule has 28 heavy (non-hydrogen) atoms. The number of carbonyl (C=O) groups excluding carboxylic acids is 2. The van der Waals surface area contributed by atoms with E-state index in [0.717, 1.165) is 0 Å². The normalized spacial score (nSPS) is 11.4. The summed E-state index contributed by atoms with van der Waals surface area (Å²) >= 11 is 0. The molecule has 1 atom stereocenters. The van der Waals surface area contributed by atoms with Crippen molar-refractivity contribution in [1.82, 2.24) is 0 Å². The third kappa shape index (κ3) is 4.94. The van der Waals surface area contributed by atoms with E-state index in [2.05, 4.69) is 5.32 Å². The molecule has 1 N–H and O–H groups in total. The Balaban J connectivity index is 1.63. The summed E-state index contributed by atoms with van der Waals surface area (Å²) in [5, 5.41) is 2.39. The number of nitrogens with one attached hydrogen (secondary N) is 1. The summed E-state index contributed by atoms with van der Waals surface area (Å²) in [7, 11) is 0. The SMILES string of the molecule is C[C@H](OC(=O)c1cccc(Oc2ccccc2)c1)C(=O)Nc1ccccc1F. The van der Waals surface area contributed by atoms with E-state index in [9.17, 15) is 14.0 Å². The zero-order valence-corrected chi connectivity index (χ0v) is 15.1. The Kier molecular flexibility index (Phi) is 6.01. The van der Waals surface area contributed by atoms with Crippen LogP contribution in [0, 0.1) is 5.82 Å². The van der Waals surface area contributed by atoms with Crippen molar-refractivity contribution in [3.05, 3.63) is 90.2 Å². The third-order valence-corrected chi connectivity index (χ3v) is 3.83. The second-order valence-corrected chi connectivity index (χ2v) is 5.96. The summed E-state index contributed by atoms with van der Waals surface area (Å²) in [6, 6.07) is 21.3. The van der Waals surface area contributed by atoms with Crippen LogP contribution in [0.5, 0.6) is 11.5 Å². The van der Waals surface area contributed by atoms with Gasteiger partial charge in [-0.05, 0) is 49.4 Å². The number of carbonyl (C=O) groups is 2. The molecule has 0 aliphatic heterocycles. The molecule has 6 heteroatoms. The van der Waals surface area contributed by atoms with Gasteiger partial charge in [0, 0.05) is 0 Å². The van der Waals surface area contributed by atoms with Crippen LogP contribution in [0.15, 0.2) is 78.9 Å². The zero-order valence-electron chi connectivity index (χ0n) is 15.1. The summed E-state index contributed by atoms with van der Waals surface area (Å²) in [5.74, 6) is -0.792. The molecule has 142 valence electrons. The van der Waals surface area contributed by atoms with Gasteiger partial charge in [-0.1, -0.05) is 36.4 Å². The summed E-state index contributed by atoms with van der Waals surface area (Å²) in [5.41, 5.74) is 0.257. The first kappa shape index (κ1) is 19.1. The van der Waals surface area contributed by atoms with Crippen LogP contribution in [0.1, 0.15) is 17.3 Å². The van der Waals surface area contributed by atoms with Crippen molar-refractivity contribution in [3.63, 3.8) is 0 Å². The first-order valence-corrected chi connectivity index (χ1v) is 8.62. The van der Waals surface area contributed by atoms with Crippen LogP contribution >= 0.6 is 0 Å². The van der Waals surface area contributed by atoms with Gasteiger partial charge in [0.15, 0.2) is 6.10 Å². The summed E-state index contributed by atoms with van der Waals surface area (Å²) in [4.78, 5) is 24.5. The molecule has 0 heterocycles. The third-order valence-electron chi connectivity index (χ3n) is 3.83. The molecule has 0 aliphatic rings. The van der Waals surface area contributed by atoms with E-state index < -0.39 is 23.8 Å². The quantitative estimate of drug-likeness (QED) is 0.625. The fourth-order valence-corrected chi connectivity index (χ4v) is 2.39. The smallest absolute Gasteiger partial charge is 0.339 e. The number of halogens is 1. The molecule has 1 amide bonds. The first-order valence-electron chi connectivity index (χ1n) is 8.62. The van der Waals surface area contributed by atoms with Crippen molar-refractivity contribution in [2.75, 3.05) is 5.32 Å². The maximum Gasteiger partial charge on any atom is 0.339 e. The van der Waals surface area contributed by atoms with Gasteiger partial charge in [0.25, 0.3) is 5.91 Å². The lowest BCUT2D eigenvalue weighted by Crippen LogP contribution is -2.30. The predicted molar refractivity (Wildman–Crippen MR) is 103 cm³/mol. The summed E-state index contributed by atoms with van der Waals surface area (Å²) < 4.78 is 24.5. The largest absolute Gasteiger partial charge is 0.457 e. The molecule has 0 saturated heterocycles. The van der Waals surface area contributed by atoms with Crippen LogP contribution in [0.3, 0.4) is 0 Å². The first-order chi connectivity index (χ1) is 13.5. The number of rotatable bonds is 6. The van der Waals surface area contributed by atoms with Crippen molar-refractivity contribution in [2.45, 2.75) is 13.0 Å². The Labute approximate surface area is 161 Å². The fraction of sp³-hybridized carbons (Fsp3) is 0.0909. The average molecular weight is 379 g/mol. The minimum absolute atomic E-state index is 0.0219. The number of esters is 1. The molecule has 0 radical (unpaired) electrons. The summed E-state index contributed by atoms with van der Waals surface area (Å²) in [6.45, 7) is 1.42. The number of benzene rings is 3. The maximum absolute atomic E-state index is 13.6. The molecular formula is C22H18FNO4. The van der Waals surface area contributed by atoms with Crippen LogP contribution in [0.2, 0.25) is 0 Å². The van der Waals surface area contributed by atoms with Crippen LogP contribution < -0.4 is 10.1 Å². The number of para-hydroxylation sites is 2. The van der Waals surface area contributed by atoms with Crippen molar-refractivity contribution in [3.8, 4) is 11.5 Å². The van der Waals surface area contributed by atoms with Gasteiger partial charge < -0.3 is 14.8 Å². The molecule has 5 nitrogen and oxygen atoms in total. The van der Waals surface area contributed by atoms with E-state index in [0.29, 0.717) is 11.5 Å². The highest BCUT2D eigenvalue weighted by atomic mass is 19.1. The minimum Gasteiger partial charge on any atom is -0.457 e. The second kappa shape index (κ2) is 8.81. The lowest BCUT2D eigenvalue weighted by molar-refractivity contribution is -0.123. The Morgan fingerprint density at radius 1 is 0.893 bits per heavy atom. The van der Waals surface area contributed by atoms with Gasteiger partial charge in [-0.15, -0.1) is 0 Å². The Hall–Kier alpha value is -3.67. The second-order valence-electron chi connectivity index (χ2n) is 5.96. The van der Waals surface area contributed by atoms with Crippen LogP contribution in [-0.2, 0) is 9.53 Å². The molecule has 0 fully saturated rings. The predicted octanol–water partition coefficient (Wildman–Crippen LogP) is 4.80. The van der Waals surface area contributed by atoms with Crippen LogP contribution in [-0.4, -0.2) is 18.0 Å². The highest BCUT2D eigenvalue weighted by Gasteiger charge is 2.20. The van der Waals surface area contributed by atoms with Gasteiger partial charge in [-0.2, -0.15) is 0 Å². The molecule has 0 spiro atoms. The monoisotopic (exact) mass is 379 g/mol. The maximum atomic E-state index is 13.6. The number of anilines is 1. The lowest BCUT2D eigenvalue weighted by atomic mass is 10.2. The molecule has 3 rings (SSSR count). The van der Waals surface area contributed by atoms with E-state index in [1.54, 1.807) is 36.4 Å². The number of amides is 1. The van der Waals surface area contributed by atoms with Crippen molar-refractivity contribution >= 4 is 17.6 Å². The molecule has 3 aromatic rings. The average Bonchev–Trinajstić information content (AvgIpc) is 2.70. The molecule has 0 unspecified atom stereocenters. The number of hydrogen-bond donors (Lipinski definition) is 1. The van der Waals surface area contributed by atoms with Crippen molar-refractivity contribution in [2.24, 2.45) is 0 Å². The van der Waals surface area contributed by atoms with Crippen molar-refractivity contribution in [1.29, 1.82) is 0 Å². The number of ether oxygens (including phenoxy) is 2. The highest BCUT2D eigenvalue weighted by molar-refractivity contribution is 5.97. The molecular weight excluding hydrogens is 361 g/mol. The molecule has 0 bridgehead atoms. The number of hydrogen-bond acceptors (Lipinski definition) is 4. The fourth-order valence-electron chi connectivity index (χ4n) is 2.39. The standard InChI is InChI=1S/C22H18FNO4/c1-15(21(25)24-20-13-6-5-12-19(20)23)27-22(26)16-8-7-11-18(14-16)28-17-9-3-2-4-10-17/h2-15H,1H3,(H,24,25)/t15-/m0/s1. The van der Waals surface area contributed by atoms with E-state index in [-0.39, 0.29) is 11.3 Å². The van der Waals surface area contributed by atoms with E-state index in [1.165, 1.54) is 31.2 Å². The highest BCUT2D eigenvalue weighted by Crippen LogP contribution is 2.22. The molecule has 0 aliphatic carbocycles. The Morgan fingerprint density at radius 3 is 2.32 bits per heavy atom. The van der Waals surface area contributed by atoms with Gasteiger partial charge in [-0.3, -0.25) is 4.79 Å². The topological polar surface area (TPSA) is 64.6 Å². The van der Waals surface area contributed by atoms with Gasteiger partial charge in [-0.25, -0.2) is 9.18 Å². The van der Waals surface area contributed by atoms with E-state index >= 15 is 0 Å². The zero-order chi connectivity index (χ0) is 19.9. The van der Waals surface area contributed by atoms with Crippen molar-refractivity contribution < 1.29 is 23.5 Å². The minimum atomic E-state index is -1.11. The van der Waals surface area contributed by atoms with Crippen LogP contribution in [0.25, 0.3) is 0 Å². The van der Waals surface area contributed by atoms with E-state index in [4.69, 9.17) is 9.47 Å². The summed E-state index contributed by atoms with van der Waals surface area (Å²) in [6.07, 6.45) is -1.11. The Bertz CT molecular complexity index is 975. The van der Waals surface area contributed by atoms with Gasteiger partial charge >= 0.3 is 5.97 Å². The van der Waals surface area contributed by atoms with Gasteiger partial charge in [0.1, 0.15) is 17.3 Å². The van der Waals surface area contributed by atoms with Gasteiger partial charge in [0.05, 0.1) is 11.3 Å². The lowest BCUT2D eigenvalue weighted by Gasteiger charge is -2.14. The van der Waals surface area contributed by atoms with E-state index in [1.807, 2.05) is 18.2 Å². The molecule has 0 aromatic heterocycles. The Morgan fingerprint density at radius 2 is 1.57 bits per heavy atom.